The Kier molecular flexibility index (Phi) is 6.85. The number of carbonyl (C=O) groups excluding carboxylic acids is 1. The number of halogens is 3. The molecule has 0 bridgehead atoms. The molecular weight excluding hydrogens is 449 g/mol. The number of thiocarbonyl (C=S) groups is 1. The van der Waals surface area contributed by atoms with Crippen molar-refractivity contribution in [3.63, 3.8) is 0 Å². The van der Waals surface area contributed by atoms with Gasteiger partial charge in [-0.1, -0.05) is 88.9 Å². The van der Waals surface area contributed by atoms with Crippen LogP contribution in [-0.4, -0.2) is 21.0 Å². The SMILES string of the molecule is Cc1ccc(C(=O)NC(NC(=S)Nc2cccc3ccccc23)C(Cl)(Cl)Cl)cc1. The van der Waals surface area contributed by atoms with E-state index in [1.165, 1.54) is 0 Å². The first kappa shape index (κ1) is 21.7. The molecule has 4 nitrogen and oxygen atoms in total. The van der Waals surface area contributed by atoms with Crippen LogP contribution in [0.3, 0.4) is 0 Å². The lowest BCUT2D eigenvalue weighted by atomic mass is 10.1. The van der Waals surface area contributed by atoms with Crippen LogP contribution in [0, 0.1) is 6.92 Å². The molecule has 0 aliphatic rings. The molecule has 3 N–H and O–H groups in total. The molecule has 0 aliphatic heterocycles. The van der Waals surface area contributed by atoms with Crippen molar-refractivity contribution in [2.45, 2.75) is 16.9 Å². The van der Waals surface area contributed by atoms with E-state index in [0.29, 0.717) is 5.56 Å². The number of amides is 1. The fourth-order valence-corrected chi connectivity index (χ4v) is 3.30. The number of alkyl halides is 3. The Morgan fingerprint density at radius 3 is 2.28 bits per heavy atom. The Labute approximate surface area is 189 Å². The van der Waals surface area contributed by atoms with Gasteiger partial charge in [0.25, 0.3) is 5.91 Å². The molecule has 0 heterocycles. The van der Waals surface area contributed by atoms with E-state index in [1.807, 2.05) is 61.5 Å². The van der Waals surface area contributed by atoms with Crippen LogP contribution in [0.5, 0.6) is 0 Å². The molecule has 3 aromatic carbocycles. The molecule has 0 fully saturated rings. The fraction of sp³-hybridized carbons (Fsp3) is 0.143. The van der Waals surface area contributed by atoms with Crippen molar-refractivity contribution in [1.29, 1.82) is 0 Å². The maximum absolute atomic E-state index is 12.5. The van der Waals surface area contributed by atoms with Gasteiger partial charge in [0.15, 0.2) is 5.11 Å². The van der Waals surface area contributed by atoms with Crippen molar-refractivity contribution in [3.05, 3.63) is 77.9 Å². The van der Waals surface area contributed by atoms with Crippen molar-refractivity contribution in [1.82, 2.24) is 10.6 Å². The first-order chi connectivity index (χ1) is 13.7. The van der Waals surface area contributed by atoms with E-state index >= 15 is 0 Å². The number of benzene rings is 3. The van der Waals surface area contributed by atoms with Gasteiger partial charge >= 0.3 is 0 Å². The molecule has 0 aromatic heterocycles. The van der Waals surface area contributed by atoms with Gasteiger partial charge < -0.3 is 16.0 Å². The highest BCUT2D eigenvalue weighted by molar-refractivity contribution is 7.80. The summed E-state index contributed by atoms with van der Waals surface area (Å²) in [5.74, 6) is -0.387. The summed E-state index contributed by atoms with van der Waals surface area (Å²) in [5.41, 5.74) is 2.29. The summed E-state index contributed by atoms with van der Waals surface area (Å²) in [6, 6.07) is 20.8. The van der Waals surface area contributed by atoms with E-state index in [4.69, 9.17) is 47.0 Å². The lowest BCUT2D eigenvalue weighted by Crippen LogP contribution is -2.56. The smallest absolute Gasteiger partial charge is 0.252 e. The van der Waals surface area contributed by atoms with E-state index in [1.54, 1.807) is 12.1 Å². The average molecular weight is 467 g/mol. The van der Waals surface area contributed by atoms with E-state index in [2.05, 4.69) is 16.0 Å². The van der Waals surface area contributed by atoms with Crippen LogP contribution in [0.1, 0.15) is 15.9 Å². The standard InChI is InChI=1S/C21H18Cl3N3OS/c1-13-9-11-15(12-10-13)18(28)26-19(21(22,23)24)27-20(29)25-17-8-4-6-14-5-2-3-7-16(14)17/h2-12,19H,1H3,(H,26,28)(H2,25,27,29). The van der Waals surface area contributed by atoms with Crippen LogP contribution < -0.4 is 16.0 Å². The fourth-order valence-electron chi connectivity index (χ4n) is 2.74. The molecule has 29 heavy (non-hydrogen) atoms. The zero-order chi connectivity index (χ0) is 21.0. The number of nitrogens with one attached hydrogen (secondary N) is 3. The van der Waals surface area contributed by atoms with Crippen LogP contribution in [0.25, 0.3) is 10.8 Å². The third-order valence-electron chi connectivity index (χ3n) is 4.23. The second-order valence-electron chi connectivity index (χ2n) is 6.44. The second-order valence-corrected chi connectivity index (χ2v) is 9.22. The monoisotopic (exact) mass is 465 g/mol. The second kappa shape index (κ2) is 9.18. The first-order valence-electron chi connectivity index (χ1n) is 8.73. The van der Waals surface area contributed by atoms with Crippen molar-refractivity contribution >= 4 is 74.5 Å². The molecule has 1 amide bonds. The maximum atomic E-state index is 12.5. The Balaban J connectivity index is 1.73. The lowest BCUT2D eigenvalue weighted by Gasteiger charge is -2.28. The van der Waals surface area contributed by atoms with Gasteiger partial charge in [-0.05, 0) is 42.7 Å². The number of carbonyl (C=O) groups is 1. The molecule has 0 aliphatic carbocycles. The predicted molar refractivity (Wildman–Crippen MR) is 126 cm³/mol. The summed E-state index contributed by atoms with van der Waals surface area (Å²) >= 11 is 23.6. The summed E-state index contributed by atoms with van der Waals surface area (Å²) < 4.78 is -1.83. The third kappa shape index (κ3) is 5.73. The predicted octanol–water partition coefficient (Wildman–Crippen LogP) is 5.56. The van der Waals surface area contributed by atoms with E-state index in [-0.39, 0.29) is 11.0 Å². The van der Waals surface area contributed by atoms with Crippen LogP contribution in [-0.2, 0) is 0 Å². The number of anilines is 1. The van der Waals surface area contributed by atoms with Crippen LogP contribution in [0.2, 0.25) is 0 Å². The molecule has 8 heteroatoms. The third-order valence-corrected chi connectivity index (χ3v) is 5.10. The lowest BCUT2D eigenvalue weighted by molar-refractivity contribution is 0.0934. The van der Waals surface area contributed by atoms with Gasteiger partial charge in [-0.25, -0.2) is 0 Å². The summed E-state index contributed by atoms with van der Waals surface area (Å²) in [4.78, 5) is 12.5. The van der Waals surface area contributed by atoms with Crippen LogP contribution in [0.4, 0.5) is 5.69 Å². The van der Waals surface area contributed by atoms with Gasteiger partial charge in [-0.15, -0.1) is 0 Å². The van der Waals surface area contributed by atoms with Crippen LogP contribution in [0.15, 0.2) is 66.7 Å². The number of fused-ring (bicyclic) bond motifs is 1. The molecule has 0 radical (unpaired) electrons. The normalized spacial score (nSPS) is 12.3. The number of hydrogen-bond acceptors (Lipinski definition) is 2. The molecule has 0 spiro atoms. The molecule has 3 rings (SSSR count). The molecule has 0 saturated heterocycles. The van der Waals surface area contributed by atoms with Gasteiger partial charge in [0.2, 0.25) is 3.79 Å². The molecule has 1 atom stereocenters. The zero-order valence-electron chi connectivity index (χ0n) is 15.4. The summed E-state index contributed by atoms with van der Waals surface area (Å²) in [7, 11) is 0. The number of aryl methyl sites for hydroxylation is 1. The first-order valence-corrected chi connectivity index (χ1v) is 10.3. The Morgan fingerprint density at radius 2 is 1.59 bits per heavy atom. The van der Waals surface area contributed by atoms with Crippen molar-refractivity contribution < 1.29 is 4.79 Å². The topological polar surface area (TPSA) is 53.2 Å². The molecule has 0 saturated carbocycles. The molecular formula is C21H18Cl3N3OS. The number of rotatable bonds is 4. The van der Waals surface area contributed by atoms with Crippen molar-refractivity contribution in [3.8, 4) is 0 Å². The molecule has 1 unspecified atom stereocenters. The van der Waals surface area contributed by atoms with E-state index in [0.717, 1.165) is 22.0 Å². The van der Waals surface area contributed by atoms with Gasteiger partial charge in [-0.2, -0.15) is 0 Å². The van der Waals surface area contributed by atoms with E-state index < -0.39 is 9.96 Å². The summed E-state index contributed by atoms with van der Waals surface area (Å²) in [6.07, 6.45) is -1.05. The highest BCUT2D eigenvalue weighted by Gasteiger charge is 2.35. The van der Waals surface area contributed by atoms with Gasteiger partial charge in [0, 0.05) is 16.6 Å². The van der Waals surface area contributed by atoms with Crippen LogP contribution >= 0.6 is 47.0 Å². The molecule has 150 valence electrons. The summed E-state index contributed by atoms with van der Waals surface area (Å²) in [6.45, 7) is 1.94. The quantitative estimate of drug-likeness (QED) is 0.268. The number of hydrogen-bond donors (Lipinski definition) is 3. The molecule has 3 aromatic rings. The largest absolute Gasteiger partial charge is 0.339 e. The maximum Gasteiger partial charge on any atom is 0.252 e. The van der Waals surface area contributed by atoms with E-state index in [9.17, 15) is 4.79 Å². The average Bonchev–Trinajstić information content (AvgIpc) is 2.67. The highest BCUT2D eigenvalue weighted by Crippen LogP contribution is 2.29. The summed E-state index contributed by atoms with van der Waals surface area (Å²) in [5, 5.41) is 10.9. The minimum atomic E-state index is -1.83. The Hall–Kier alpha value is -2.05. The zero-order valence-corrected chi connectivity index (χ0v) is 18.5. The van der Waals surface area contributed by atoms with Crippen molar-refractivity contribution in [2.24, 2.45) is 0 Å². The Bertz CT molecular complexity index is 1030. The Morgan fingerprint density at radius 1 is 0.931 bits per heavy atom. The highest BCUT2D eigenvalue weighted by atomic mass is 35.6. The van der Waals surface area contributed by atoms with Gasteiger partial charge in [-0.3, -0.25) is 4.79 Å². The van der Waals surface area contributed by atoms with Gasteiger partial charge in [0.1, 0.15) is 6.17 Å². The van der Waals surface area contributed by atoms with Crippen molar-refractivity contribution in [2.75, 3.05) is 5.32 Å². The minimum absolute atomic E-state index is 0.210. The minimum Gasteiger partial charge on any atom is -0.339 e. The van der Waals surface area contributed by atoms with Gasteiger partial charge in [0.05, 0.1) is 0 Å².